The average molecular weight is 250 g/mol. The number of hydrogen-bond acceptors (Lipinski definition) is 4. The molecule has 0 unspecified atom stereocenters. The number of rotatable bonds is 2. The molecule has 0 amide bonds. The maximum atomic E-state index is 4.41. The summed E-state index contributed by atoms with van der Waals surface area (Å²) in [6, 6.07) is 15.6. The van der Waals surface area contributed by atoms with Crippen molar-refractivity contribution in [3.05, 3.63) is 48.5 Å². The van der Waals surface area contributed by atoms with Crippen molar-refractivity contribution in [1.82, 2.24) is 30.0 Å². The lowest BCUT2D eigenvalue weighted by Gasteiger charge is -2.00. The molecule has 2 aromatic heterocycles. The van der Waals surface area contributed by atoms with Gasteiger partial charge in [-0.2, -0.15) is 15.0 Å². The van der Waals surface area contributed by atoms with E-state index in [9.17, 15) is 0 Å². The Kier molecular flexibility index (Phi) is 2.08. The third-order valence-electron chi connectivity index (χ3n) is 3.01. The first-order valence-corrected chi connectivity index (χ1v) is 5.98. The summed E-state index contributed by atoms with van der Waals surface area (Å²) in [4.78, 5) is 1.63. The van der Waals surface area contributed by atoms with Gasteiger partial charge >= 0.3 is 0 Å². The normalized spacial score (nSPS) is 11.4. The summed E-state index contributed by atoms with van der Waals surface area (Å²) in [6.07, 6.45) is 0. The SMILES string of the molecule is c1ccc2nn(Cn3nnc4ccccc43)nc2c1. The van der Waals surface area contributed by atoms with Gasteiger partial charge in [-0.25, -0.2) is 4.68 Å². The molecule has 2 aromatic carbocycles. The van der Waals surface area contributed by atoms with Gasteiger partial charge in [0.2, 0.25) is 0 Å². The summed E-state index contributed by atoms with van der Waals surface area (Å²) < 4.78 is 1.79. The Morgan fingerprint density at radius 1 is 0.789 bits per heavy atom. The van der Waals surface area contributed by atoms with E-state index in [0.717, 1.165) is 22.1 Å². The lowest BCUT2D eigenvalue weighted by Crippen LogP contribution is -2.12. The van der Waals surface area contributed by atoms with Crippen molar-refractivity contribution in [2.45, 2.75) is 6.67 Å². The highest BCUT2D eigenvalue weighted by atomic mass is 15.6. The highest BCUT2D eigenvalue weighted by Gasteiger charge is 2.06. The zero-order valence-electron chi connectivity index (χ0n) is 10.0. The molecule has 0 radical (unpaired) electrons. The predicted octanol–water partition coefficient (Wildman–Crippen LogP) is 1.68. The number of fused-ring (bicyclic) bond motifs is 2. The van der Waals surface area contributed by atoms with Gasteiger partial charge in [-0.3, -0.25) is 0 Å². The summed E-state index contributed by atoms with van der Waals surface area (Å²) in [7, 11) is 0. The second-order valence-corrected chi connectivity index (χ2v) is 4.28. The standard InChI is InChI=1S/C13H10N6/c1-2-6-11-10(5-1)15-19(16-11)9-18-13-8-4-3-7-12(13)14-17-18/h1-8H,9H2. The van der Waals surface area contributed by atoms with E-state index in [1.807, 2.05) is 48.5 Å². The van der Waals surface area contributed by atoms with E-state index in [0.29, 0.717) is 6.67 Å². The van der Waals surface area contributed by atoms with E-state index in [1.54, 1.807) is 9.48 Å². The minimum absolute atomic E-state index is 0.454. The Morgan fingerprint density at radius 2 is 1.42 bits per heavy atom. The van der Waals surface area contributed by atoms with Gasteiger partial charge in [-0.05, 0) is 24.3 Å². The molecule has 0 aliphatic carbocycles. The Labute approximate surface area is 108 Å². The molecule has 19 heavy (non-hydrogen) atoms. The fourth-order valence-electron chi connectivity index (χ4n) is 2.11. The molecule has 0 spiro atoms. The van der Waals surface area contributed by atoms with Gasteiger partial charge in [-0.15, -0.1) is 5.10 Å². The third kappa shape index (κ3) is 1.65. The van der Waals surface area contributed by atoms with Gasteiger partial charge in [0.1, 0.15) is 16.6 Å². The maximum Gasteiger partial charge on any atom is 0.155 e. The first-order valence-electron chi connectivity index (χ1n) is 5.98. The molecule has 92 valence electrons. The first-order chi connectivity index (χ1) is 9.40. The van der Waals surface area contributed by atoms with Gasteiger partial charge < -0.3 is 0 Å². The molecule has 0 bridgehead atoms. The van der Waals surface area contributed by atoms with E-state index in [2.05, 4.69) is 20.5 Å². The van der Waals surface area contributed by atoms with Crippen LogP contribution in [0.1, 0.15) is 0 Å². The van der Waals surface area contributed by atoms with Crippen LogP contribution in [0.3, 0.4) is 0 Å². The van der Waals surface area contributed by atoms with Gasteiger partial charge in [-0.1, -0.05) is 29.5 Å². The largest absolute Gasteiger partial charge is 0.221 e. The van der Waals surface area contributed by atoms with Crippen molar-refractivity contribution in [2.75, 3.05) is 0 Å². The van der Waals surface area contributed by atoms with E-state index in [1.165, 1.54) is 0 Å². The van der Waals surface area contributed by atoms with Crippen LogP contribution < -0.4 is 0 Å². The monoisotopic (exact) mass is 250 g/mol. The molecule has 2 heterocycles. The van der Waals surface area contributed by atoms with Crippen LogP contribution in [0.4, 0.5) is 0 Å². The molecule has 0 N–H and O–H groups in total. The Hall–Kier alpha value is -2.76. The minimum atomic E-state index is 0.454. The second-order valence-electron chi connectivity index (χ2n) is 4.28. The smallest absolute Gasteiger partial charge is 0.155 e. The van der Waals surface area contributed by atoms with E-state index in [-0.39, 0.29) is 0 Å². The number of hydrogen-bond donors (Lipinski definition) is 0. The molecule has 0 saturated carbocycles. The molecule has 0 saturated heterocycles. The summed E-state index contributed by atoms with van der Waals surface area (Å²) in [5, 5.41) is 17.1. The third-order valence-corrected chi connectivity index (χ3v) is 3.01. The van der Waals surface area contributed by atoms with Gasteiger partial charge in [0, 0.05) is 0 Å². The van der Waals surface area contributed by atoms with Crippen molar-refractivity contribution in [1.29, 1.82) is 0 Å². The van der Waals surface area contributed by atoms with Gasteiger partial charge in [0.05, 0.1) is 5.52 Å². The van der Waals surface area contributed by atoms with Crippen molar-refractivity contribution >= 4 is 22.1 Å². The predicted molar refractivity (Wildman–Crippen MR) is 70.5 cm³/mol. The summed E-state index contributed by atoms with van der Waals surface area (Å²) >= 11 is 0. The summed E-state index contributed by atoms with van der Waals surface area (Å²) in [6.45, 7) is 0.454. The molecular formula is C13H10N6. The molecule has 0 atom stereocenters. The Morgan fingerprint density at radius 3 is 2.16 bits per heavy atom. The van der Waals surface area contributed by atoms with Gasteiger partial charge in [0.25, 0.3) is 0 Å². The van der Waals surface area contributed by atoms with Crippen LogP contribution in [0.25, 0.3) is 22.1 Å². The zero-order valence-corrected chi connectivity index (χ0v) is 10.0. The molecule has 6 nitrogen and oxygen atoms in total. The van der Waals surface area contributed by atoms with Crippen LogP contribution in [0.5, 0.6) is 0 Å². The van der Waals surface area contributed by atoms with Gasteiger partial charge in [0.15, 0.2) is 6.67 Å². The Bertz CT molecular complexity index is 826. The quantitative estimate of drug-likeness (QED) is 0.543. The minimum Gasteiger partial charge on any atom is -0.221 e. The molecule has 0 aliphatic heterocycles. The number of nitrogens with zero attached hydrogens (tertiary/aromatic N) is 6. The van der Waals surface area contributed by atoms with Crippen molar-refractivity contribution < 1.29 is 0 Å². The maximum absolute atomic E-state index is 4.41. The second kappa shape index (κ2) is 3.88. The van der Waals surface area contributed by atoms with Crippen molar-refractivity contribution in [3.8, 4) is 0 Å². The lowest BCUT2D eigenvalue weighted by atomic mass is 10.3. The lowest BCUT2D eigenvalue weighted by molar-refractivity contribution is 0.458. The fraction of sp³-hybridized carbons (Fsp3) is 0.0769. The molecule has 4 rings (SSSR count). The first kappa shape index (κ1) is 10.2. The summed E-state index contributed by atoms with van der Waals surface area (Å²) in [5.41, 5.74) is 3.61. The van der Waals surface area contributed by atoms with Crippen LogP contribution >= 0.6 is 0 Å². The number of benzene rings is 2. The van der Waals surface area contributed by atoms with Crippen LogP contribution in [-0.4, -0.2) is 30.0 Å². The molecule has 0 aliphatic rings. The van der Waals surface area contributed by atoms with E-state index >= 15 is 0 Å². The van der Waals surface area contributed by atoms with Crippen LogP contribution in [0.2, 0.25) is 0 Å². The van der Waals surface area contributed by atoms with Crippen LogP contribution in [-0.2, 0) is 6.67 Å². The number of para-hydroxylation sites is 1. The molecule has 4 aromatic rings. The zero-order chi connectivity index (χ0) is 12.7. The van der Waals surface area contributed by atoms with E-state index < -0.39 is 0 Å². The fourth-order valence-corrected chi connectivity index (χ4v) is 2.11. The van der Waals surface area contributed by atoms with Crippen molar-refractivity contribution in [3.63, 3.8) is 0 Å². The highest BCUT2D eigenvalue weighted by molar-refractivity contribution is 5.74. The molecule has 0 fully saturated rings. The topological polar surface area (TPSA) is 61.4 Å². The summed E-state index contributed by atoms with van der Waals surface area (Å²) in [5.74, 6) is 0. The van der Waals surface area contributed by atoms with Crippen LogP contribution in [0, 0.1) is 0 Å². The Balaban J connectivity index is 1.78. The van der Waals surface area contributed by atoms with E-state index in [4.69, 9.17) is 0 Å². The average Bonchev–Trinajstić information content (AvgIpc) is 3.03. The van der Waals surface area contributed by atoms with Crippen LogP contribution in [0.15, 0.2) is 48.5 Å². The number of aromatic nitrogens is 6. The molecule has 6 heteroatoms. The highest BCUT2D eigenvalue weighted by Crippen LogP contribution is 2.11. The molecular weight excluding hydrogens is 240 g/mol. The van der Waals surface area contributed by atoms with Crippen molar-refractivity contribution in [2.24, 2.45) is 0 Å².